The molecule has 2 rings (SSSR count). The molecule has 0 radical (unpaired) electrons. The first-order valence-corrected chi connectivity index (χ1v) is 8.56. The molecule has 1 aromatic heterocycles. The highest BCUT2D eigenvalue weighted by Gasteiger charge is 2.20. The van der Waals surface area contributed by atoms with Crippen molar-refractivity contribution >= 4 is 33.3 Å². The van der Waals surface area contributed by atoms with E-state index in [1.54, 1.807) is 0 Å². The number of hydrogen-bond donors (Lipinski definition) is 3. The van der Waals surface area contributed by atoms with Crippen molar-refractivity contribution in [3.05, 3.63) is 59.8 Å². The van der Waals surface area contributed by atoms with Gasteiger partial charge in [0.15, 0.2) is 11.6 Å². The molecule has 24 heavy (non-hydrogen) atoms. The van der Waals surface area contributed by atoms with E-state index in [-0.39, 0.29) is 33.6 Å². The van der Waals surface area contributed by atoms with Gasteiger partial charge in [0.05, 0.1) is 5.02 Å². The lowest BCUT2D eigenvalue weighted by Crippen LogP contribution is -2.24. The summed E-state index contributed by atoms with van der Waals surface area (Å²) in [5, 5.41) is 12.0. The van der Waals surface area contributed by atoms with Crippen LogP contribution in [0.2, 0.25) is 5.02 Å². The van der Waals surface area contributed by atoms with Gasteiger partial charge in [0, 0.05) is 18.3 Å². The number of nitrogens with one attached hydrogen (secondary N) is 2. The first-order valence-electron chi connectivity index (χ1n) is 6.70. The number of pyridine rings is 1. The number of carbonyl (C=O) groups excluding carboxylic acids is 1. The van der Waals surface area contributed by atoms with Crippen molar-refractivity contribution in [1.82, 2.24) is 9.71 Å². The van der Waals surface area contributed by atoms with Gasteiger partial charge in [-0.2, -0.15) is 0 Å². The quantitative estimate of drug-likeness (QED) is 0.678. The van der Waals surface area contributed by atoms with Crippen molar-refractivity contribution in [2.75, 3.05) is 11.9 Å². The second kappa shape index (κ2) is 7.43. The first-order chi connectivity index (χ1) is 11.3. The van der Waals surface area contributed by atoms with Gasteiger partial charge in [-0.1, -0.05) is 17.7 Å². The Hall–Kier alpha value is -2.42. The summed E-state index contributed by atoms with van der Waals surface area (Å²) in [5.41, 5.74) is 0.0448. The summed E-state index contributed by atoms with van der Waals surface area (Å²) >= 11 is 5.92. The smallest absolute Gasteiger partial charge is 0.256 e. The summed E-state index contributed by atoms with van der Waals surface area (Å²) in [6, 6.07) is 6.67. The zero-order valence-electron chi connectivity index (χ0n) is 12.4. The van der Waals surface area contributed by atoms with Crippen LogP contribution in [0.4, 0.5) is 5.82 Å². The van der Waals surface area contributed by atoms with Crippen molar-refractivity contribution < 1.29 is 18.3 Å². The average molecular weight is 368 g/mol. The van der Waals surface area contributed by atoms with Gasteiger partial charge in [0.2, 0.25) is 10.0 Å². The van der Waals surface area contributed by atoms with Crippen LogP contribution >= 0.6 is 11.6 Å². The maximum absolute atomic E-state index is 12.2. The van der Waals surface area contributed by atoms with E-state index in [9.17, 15) is 18.3 Å². The third kappa shape index (κ3) is 4.10. The molecule has 0 fully saturated rings. The van der Waals surface area contributed by atoms with Crippen molar-refractivity contribution in [3.63, 3.8) is 0 Å². The van der Waals surface area contributed by atoms with Gasteiger partial charge in [-0.05, 0) is 30.3 Å². The molecule has 126 valence electrons. The molecule has 0 spiro atoms. The van der Waals surface area contributed by atoms with Crippen molar-refractivity contribution in [2.45, 2.75) is 4.90 Å². The number of amides is 1. The van der Waals surface area contributed by atoms with Crippen molar-refractivity contribution in [1.29, 1.82) is 0 Å². The maximum atomic E-state index is 12.2. The SMILES string of the molecule is C=CCNS(=O)(=O)c1cc(C(=O)Nc2ncccc2O)ccc1Cl. The topological polar surface area (TPSA) is 108 Å². The summed E-state index contributed by atoms with van der Waals surface area (Å²) in [6.07, 6.45) is 2.78. The summed E-state index contributed by atoms with van der Waals surface area (Å²) in [5.74, 6) is -0.882. The van der Waals surface area contributed by atoms with E-state index in [4.69, 9.17) is 11.6 Å². The Kier molecular flexibility index (Phi) is 5.55. The lowest BCUT2D eigenvalue weighted by Gasteiger charge is -2.10. The highest BCUT2D eigenvalue weighted by atomic mass is 35.5. The van der Waals surface area contributed by atoms with Crippen molar-refractivity contribution in [2.24, 2.45) is 0 Å². The molecular weight excluding hydrogens is 354 g/mol. The molecule has 0 aliphatic carbocycles. The number of aromatic nitrogens is 1. The summed E-state index contributed by atoms with van der Waals surface area (Å²) in [7, 11) is -3.89. The zero-order chi connectivity index (χ0) is 17.7. The minimum Gasteiger partial charge on any atom is -0.504 e. The predicted octanol–water partition coefficient (Wildman–Crippen LogP) is 2.16. The molecule has 0 saturated carbocycles. The fourth-order valence-corrected chi connectivity index (χ4v) is 3.29. The minimum atomic E-state index is -3.89. The molecule has 0 aliphatic rings. The number of aromatic hydroxyl groups is 1. The van der Waals surface area contributed by atoms with Crippen LogP contribution in [0, 0.1) is 0 Å². The normalized spacial score (nSPS) is 11.0. The van der Waals surface area contributed by atoms with Gasteiger partial charge in [-0.15, -0.1) is 6.58 Å². The molecule has 1 heterocycles. The minimum absolute atomic E-state index is 0.0243. The Morgan fingerprint density at radius 2 is 2.12 bits per heavy atom. The Balaban J connectivity index is 2.32. The molecule has 2 aromatic rings. The molecular formula is C15H14ClN3O4S. The molecule has 0 bridgehead atoms. The van der Waals surface area contributed by atoms with E-state index in [0.29, 0.717) is 0 Å². The van der Waals surface area contributed by atoms with Gasteiger partial charge in [-0.25, -0.2) is 18.1 Å². The summed E-state index contributed by atoms with van der Waals surface area (Å²) < 4.78 is 26.6. The lowest BCUT2D eigenvalue weighted by atomic mass is 10.2. The van der Waals surface area contributed by atoms with Crippen LogP contribution in [0.25, 0.3) is 0 Å². The van der Waals surface area contributed by atoms with Gasteiger partial charge in [-0.3, -0.25) is 4.79 Å². The molecule has 9 heteroatoms. The van der Waals surface area contributed by atoms with Crippen LogP contribution in [0.5, 0.6) is 5.75 Å². The molecule has 3 N–H and O–H groups in total. The van der Waals surface area contributed by atoms with E-state index in [1.807, 2.05) is 0 Å². The number of hydrogen-bond acceptors (Lipinski definition) is 5. The Bertz CT molecular complexity index is 884. The van der Waals surface area contributed by atoms with E-state index >= 15 is 0 Å². The monoisotopic (exact) mass is 367 g/mol. The van der Waals surface area contributed by atoms with Gasteiger partial charge < -0.3 is 10.4 Å². The van der Waals surface area contributed by atoms with Crippen LogP contribution in [-0.4, -0.2) is 31.0 Å². The first kappa shape index (κ1) is 17.9. The number of rotatable bonds is 6. The van der Waals surface area contributed by atoms with Crippen LogP contribution < -0.4 is 10.0 Å². The zero-order valence-corrected chi connectivity index (χ0v) is 13.9. The maximum Gasteiger partial charge on any atom is 0.256 e. The number of benzene rings is 1. The van der Waals surface area contributed by atoms with Crippen LogP contribution in [0.3, 0.4) is 0 Å². The number of anilines is 1. The molecule has 0 saturated heterocycles. The molecule has 1 aromatic carbocycles. The number of carbonyl (C=O) groups is 1. The van der Waals surface area contributed by atoms with Crippen LogP contribution in [-0.2, 0) is 10.0 Å². The fraction of sp³-hybridized carbons (Fsp3) is 0.0667. The Morgan fingerprint density at radius 1 is 1.38 bits per heavy atom. The molecule has 7 nitrogen and oxygen atoms in total. The molecule has 0 unspecified atom stereocenters. The second-order valence-corrected chi connectivity index (χ2v) is 6.75. The summed E-state index contributed by atoms with van der Waals surface area (Å²) in [4.78, 5) is 15.8. The van der Waals surface area contributed by atoms with Crippen LogP contribution in [0.1, 0.15) is 10.4 Å². The van der Waals surface area contributed by atoms with Gasteiger partial charge in [0.1, 0.15) is 4.90 Å². The van der Waals surface area contributed by atoms with E-state index in [1.165, 1.54) is 36.5 Å². The van der Waals surface area contributed by atoms with Crippen molar-refractivity contribution in [3.8, 4) is 5.75 Å². The number of halogens is 1. The average Bonchev–Trinajstić information content (AvgIpc) is 2.55. The second-order valence-electron chi connectivity index (χ2n) is 4.61. The molecule has 0 atom stereocenters. The van der Waals surface area contributed by atoms with Gasteiger partial charge >= 0.3 is 0 Å². The number of nitrogens with zero attached hydrogens (tertiary/aromatic N) is 1. The number of sulfonamides is 1. The molecule has 0 aliphatic heterocycles. The largest absolute Gasteiger partial charge is 0.504 e. The van der Waals surface area contributed by atoms with E-state index < -0.39 is 15.9 Å². The molecule has 1 amide bonds. The van der Waals surface area contributed by atoms with Crippen LogP contribution in [0.15, 0.2) is 54.1 Å². The third-order valence-corrected chi connectivity index (χ3v) is 4.82. The summed E-state index contributed by atoms with van der Waals surface area (Å²) in [6.45, 7) is 3.45. The Morgan fingerprint density at radius 3 is 2.79 bits per heavy atom. The highest BCUT2D eigenvalue weighted by Crippen LogP contribution is 2.24. The Labute approximate surface area is 144 Å². The fourth-order valence-electron chi connectivity index (χ4n) is 1.77. The van der Waals surface area contributed by atoms with E-state index in [2.05, 4.69) is 21.6 Å². The third-order valence-electron chi connectivity index (χ3n) is 2.92. The predicted molar refractivity (Wildman–Crippen MR) is 90.7 cm³/mol. The lowest BCUT2D eigenvalue weighted by molar-refractivity contribution is 0.102. The van der Waals surface area contributed by atoms with Gasteiger partial charge in [0.25, 0.3) is 5.91 Å². The standard InChI is InChI=1S/C15H14ClN3O4S/c1-2-7-18-24(22,23)13-9-10(5-6-11(13)16)15(21)19-14-12(20)4-3-8-17-14/h2-6,8-9,18,20H,1,7H2,(H,17,19,21). The van der Waals surface area contributed by atoms with E-state index in [0.717, 1.165) is 6.07 Å². The highest BCUT2D eigenvalue weighted by molar-refractivity contribution is 7.89.